The maximum atomic E-state index is 13.6. The van der Waals surface area contributed by atoms with Crippen LogP contribution < -0.4 is 0 Å². The van der Waals surface area contributed by atoms with Gasteiger partial charge in [-0.15, -0.1) is 0 Å². The summed E-state index contributed by atoms with van der Waals surface area (Å²) in [6, 6.07) is 4.51. The molecule has 0 saturated carbocycles. The van der Waals surface area contributed by atoms with Gasteiger partial charge in [0.05, 0.1) is 6.10 Å². The molecule has 1 atom stereocenters. The maximum Gasteiger partial charge on any atom is 0.149 e. The van der Waals surface area contributed by atoms with Crippen molar-refractivity contribution in [1.82, 2.24) is 14.8 Å². The third-order valence-electron chi connectivity index (χ3n) is 2.12. The van der Waals surface area contributed by atoms with Gasteiger partial charge in [0.1, 0.15) is 24.2 Å². The van der Waals surface area contributed by atoms with Crippen LogP contribution in [0.3, 0.4) is 0 Å². The van der Waals surface area contributed by atoms with Crippen LogP contribution in [0.15, 0.2) is 30.9 Å². The molecular weight excluding hydrogens is 197 g/mol. The Labute approximate surface area is 86.0 Å². The van der Waals surface area contributed by atoms with E-state index in [1.807, 2.05) is 0 Å². The Kier molecular flexibility index (Phi) is 2.47. The Bertz CT molecular complexity index is 454. The van der Waals surface area contributed by atoms with Crippen molar-refractivity contribution < 1.29 is 9.50 Å². The maximum absolute atomic E-state index is 13.6. The van der Waals surface area contributed by atoms with Crippen molar-refractivity contribution in [3.05, 3.63) is 42.2 Å². The predicted molar refractivity (Wildman–Crippen MR) is 52.0 cm³/mol. The first-order valence-corrected chi connectivity index (χ1v) is 4.51. The van der Waals surface area contributed by atoms with E-state index in [9.17, 15) is 9.50 Å². The summed E-state index contributed by atoms with van der Waals surface area (Å²) in [6.45, 7) is 1.59. The first kappa shape index (κ1) is 9.79. The van der Waals surface area contributed by atoms with Gasteiger partial charge < -0.3 is 5.11 Å². The van der Waals surface area contributed by atoms with E-state index in [0.29, 0.717) is 11.3 Å². The Morgan fingerprint density at radius 2 is 2.27 bits per heavy atom. The van der Waals surface area contributed by atoms with Gasteiger partial charge in [-0.05, 0) is 24.6 Å². The zero-order valence-electron chi connectivity index (χ0n) is 8.13. The van der Waals surface area contributed by atoms with Crippen LogP contribution in [0.1, 0.15) is 18.6 Å². The lowest BCUT2D eigenvalue weighted by Gasteiger charge is -2.07. The van der Waals surface area contributed by atoms with Crippen molar-refractivity contribution in [2.24, 2.45) is 0 Å². The van der Waals surface area contributed by atoms with Crippen LogP contribution in [-0.2, 0) is 0 Å². The summed E-state index contributed by atoms with van der Waals surface area (Å²) in [4.78, 5) is 3.73. The molecule has 1 N–H and O–H groups in total. The molecule has 0 aliphatic carbocycles. The van der Waals surface area contributed by atoms with Crippen LogP contribution >= 0.6 is 0 Å². The third-order valence-corrected chi connectivity index (χ3v) is 2.12. The number of rotatable bonds is 2. The van der Waals surface area contributed by atoms with Crippen molar-refractivity contribution >= 4 is 0 Å². The summed E-state index contributed by atoms with van der Waals surface area (Å²) in [7, 11) is 0. The minimum Gasteiger partial charge on any atom is -0.389 e. The van der Waals surface area contributed by atoms with Gasteiger partial charge in [0, 0.05) is 0 Å². The second-order valence-corrected chi connectivity index (χ2v) is 3.23. The van der Waals surface area contributed by atoms with Crippen LogP contribution in [0, 0.1) is 5.82 Å². The van der Waals surface area contributed by atoms with Crippen molar-refractivity contribution in [2.75, 3.05) is 0 Å². The molecule has 5 heteroatoms. The van der Waals surface area contributed by atoms with Crippen LogP contribution in [-0.4, -0.2) is 19.9 Å². The molecule has 0 amide bonds. The lowest BCUT2D eigenvalue weighted by molar-refractivity contribution is 0.199. The van der Waals surface area contributed by atoms with Crippen LogP contribution in [0.4, 0.5) is 4.39 Å². The van der Waals surface area contributed by atoms with Gasteiger partial charge in [-0.2, -0.15) is 5.10 Å². The minimum absolute atomic E-state index is 0.317. The number of hydrogen-bond donors (Lipinski definition) is 1. The van der Waals surface area contributed by atoms with E-state index >= 15 is 0 Å². The van der Waals surface area contributed by atoms with Crippen LogP contribution in [0.5, 0.6) is 0 Å². The zero-order valence-corrected chi connectivity index (χ0v) is 8.13. The molecule has 1 aromatic carbocycles. The number of hydrogen-bond acceptors (Lipinski definition) is 3. The molecule has 15 heavy (non-hydrogen) atoms. The Morgan fingerprint density at radius 1 is 1.47 bits per heavy atom. The highest BCUT2D eigenvalue weighted by molar-refractivity contribution is 5.35. The first-order valence-electron chi connectivity index (χ1n) is 4.51. The van der Waals surface area contributed by atoms with Gasteiger partial charge in [0.25, 0.3) is 0 Å². The lowest BCUT2D eigenvalue weighted by atomic mass is 10.1. The van der Waals surface area contributed by atoms with Crippen LogP contribution in [0.25, 0.3) is 5.69 Å². The summed E-state index contributed by atoms with van der Waals surface area (Å²) in [5, 5.41) is 13.1. The van der Waals surface area contributed by atoms with Crippen molar-refractivity contribution in [1.29, 1.82) is 0 Å². The summed E-state index contributed by atoms with van der Waals surface area (Å²) >= 11 is 0. The summed E-state index contributed by atoms with van der Waals surface area (Å²) in [5.74, 6) is -0.432. The molecule has 2 aromatic rings. The highest BCUT2D eigenvalue weighted by Gasteiger charge is 2.08. The fraction of sp³-hybridized carbons (Fsp3) is 0.200. The molecule has 0 saturated heterocycles. The highest BCUT2D eigenvalue weighted by atomic mass is 19.1. The highest BCUT2D eigenvalue weighted by Crippen LogP contribution is 2.18. The van der Waals surface area contributed by atoms with Gasteiger partial charge in [0.15, 0.2) is 0 Å². The van der Waals surface area contributed by atoms with Crippen molar-refractivity contribution in [3.63, 3.8) is 0 Å². The van der Waals surface area contributed by atoms with Gasteiger partial charge in [0.2, 0.25) is 0 Å². The molecule has 0 fully saturated rings. The van der Waals surface area contributed by atoms with E-state index in [0.717, 1.165) is 0 Å². The third kappa shape index (κ3) is 1.87. The van der Waals surface area contributed by atoms with E-state index in [2.05, 4.69) is 10.1 Å². The Hall–Kier alpha value is -1.75. The second kappa shape index (κ2) is 3.78. The molecule has 2 rings (SSSR count). The molecule has 0 radical (unpaired) electrons. The number of halogens is 1. The number of nitrogens with zero attached hydrogens (tertiary/aromatic N) is 3. The quantitative estimate of drug-likeness (QED) is 0.811. The summed E-state index contributed by atoms with van der Waals surface area (Å²) < 4.78 is 14.9. The molecule has 0 aliphatic rings. The molecule has 0 spiro atoms. The smallest absolute Gasteiger partial charge is 0.149 e. The van der Waals surface area contributed by atoms with Gasteiger partial charge >= 0.3 is 0 Å². The normalized spacial score (nSPS) is 12.7. The number of aliphatic hydroxyl groups is 1. The molecule has 1 heterocycles. The van der Waals surface area contributed by atoms with E-state index in [4.69, 9.17) is 0 Å². The molecule has 0 bridgehead atoms. The van der Waals surface area contributed by atoms with Gasteiger partial charge in [-0.3, -0.25) is 0 Å². The van der Waals surface area contributed by atoms with Gasteiger partial charge in [-0.25, -0.2) is 14.1 Å². The molecule has 1 aromatic heterocycles. The molecule has 78 valence electrons. The average molecular weight is 207 g/mol. The zero-order chi connectivity index (χ0) is 10.8. The fourth-order valence-corrected chi connectivity index (χ4v) is 1.30. The molecular formula is C10H10FN3O. The number of aromatic nitrogens is 3. The van der Waals surface area contributed by atoms with E-state index < -0.39 is 11.9 Å². The Balaban J connectivity index is 2.44. The van der Waals surface area contributed by atoms with Gasteiger partial charge in [-0.1, -0.05) is 6.07 Å². The number of aliphatic hydroxyl groups excluding tert-OH is 1. The number of benzene rings is 1. The summed E-state index contributed by atoms with van der Waals surface area (Å²) in [6.07, 6.45) is 2.08. The Morgan fingerprint density at radius 3 is 2.80 bits per heavy atom. The molecule has 0 aliphatic heterocycles. The topological polar surface area (TPSA) is 50.9 Å². The van der Waals surface area contributed by atoms with Crippen molar-refractivity contribution in [3.8, 4) is 5.69 Å². The lowest BCUT2D eigenvalue weighted by Crippen LogP contribution is -2.00. The second-order valence-electron chi connectivity index (χ2n) is 3.23. The average Bonchev–Trinajstić information content (AvgIpc) is 2.70. The van der Waals surface area contributed by atoms with E-state index in [1.165, 1.54) is 23.4 Å². The first-order chi connectivity index (χ1) is 7.18. The van der Waals surface area contributed by atoms with E-state index in [-0.39, 0.29) is 0 Å². The minimum atomic E-state index is -0.677. The van der Waals surface area contributed by atoms with Crippen molar-refractivity contribution in [2.45, 2.75) is 13.0 Å². The molecule has 1 unspecified atom stereocenters. The fourth-order valence-electron chi connectivity index (χ4n) is 1.30. The monoisotopic (exact) mass is 207 g/mol. The standard InChI is InChI=1S/C10H10FN3O/c1-7(15)8-2-3-10(9(11)4-8)14-6-12-5-13-14/h2-7,15H,1H3. The SMILES string of the molecule is CC(O)c1ccc(-n2cncn2)c(F)c1. The van der Waals surface area contributed by atoms with E-state index in [1.54, 1.807) is 19.1 Å². The largest absolute Gasteiger partial charge is 0.389 e. The molecule has 4 nitrogen and oxygen atoms in total. The van der Waals surface area contributed by atoms with Crippen LogP contribution in [0.2, 0.25) is 0 Å². The summed E-state index contributed by atoms with van der Waals surface area (Å²) in [5.41, 5.74) is 0.855. The predicted octanol–water partition coefficient (Wildman–Crippen LogP) is 1.46.